The van der Waals surface area contributed by atoms with E-state index < -0.39 is 18.0 Å². The second kappa shape index (κ2) is 4.28. The topological polar surface area (TPSA) is 66.8 Å². The molecule has 2 N–H and O–H groups in total. The third kappa shape index (κ3) is 1.68. The average Bonchev–Trinajstić information content (AvgIpc) is 2.77. The summed E-state index contributed by atoms with van der Waals surface area (Å²) in [4.78, 5) is 11.1. The Labute approximate surface area is 106 Å². The maximum atomic E-state index is 11.1. The molecule has 98 valence electrons. The number of phenols is 1. The maximum Gasteiger partial charge on any atom is 0.309 e. The molecule has 0 aliphatic carbocycles. The summed E-state index contributed by atoms with van der Waals surface area (Å²) in [5, 5.41) is 19.1. The monoisotopic (exact) mass is 250 g/mol. The van der Waals surface area contributed by atoms with Crippen molar-refractivity contribution in [2.75, 3.05) is 0 Å². The number of carbonyl (C=O) groups is 1. The van der Waals surface area contributed by atoms with Crippen molar-refractivity contribution in [1.82, 2.24) is 0 Å². The standard InChI is InChI=1S/C14H18O4/c1-6-7(2)12(15)8(3)10-5-18-13(11(6)10)9(4)14(16)17/h9,13,15H,5H2,1-4H3,(H,16,17). The average molecular weight is 250 g/mol. The molecule has 0 saturated carbocycles. The van der Waals surface area contributed by atoms with E-state index in [2.05, 4.69) is 0 Å². The van der Waals surface area contributed by atoms with E-state index in [0.717, 1.165) is 27.8 Å². The molecule has 0 spiro atoms. The first-order valence-electron chi connectivity index (χ1n) is 6.02. The van der Waals surface area contributed by atoms with E-state index in [1.807, 2.05) is 20.8 Å². The van der Waals surface area contributed by atoms with Crippen molar-refractivity contribution in [3.8, 4) is 5.75 Å². The Morgan fingerprint density at radius 3 is 2.44 bits per heavy atom. The van der Waals surface area contributed by atoms with Crippen LogP contribution < -0.4 is 0 Å². The summed E-state index contributed by atoms with van der Waals surface area (Å²) in [7, 11) is 0. The normalized spacial score (nSPS) is 19.7. The zero-order valence-electron chi connectivity index (χ0n) is 11.1. The highest BCUT2D eigenvalue weighted by Crippen LogP contribution is 2.44. The molecule has 2 unspecified atom stereocenters. The summed E-state index contributed by atoms with van der Waals surface area (Å²) in [6, 6.07) is 0. The zero-order valence-corrected chi connectivity index (χ0v) is 11.1. The van der Waals surface area contributed by atoms with Crippen LogP contribution in [-0.4, -0.2) is 16.2 Å². The van der Waals surface area contributed by atoms with Gasteiger partial charge in [-0.15, -0.1) is 0 Å². The van der Waals surface area contributed by atoms with Crippen LogP contribution in [0, 0.1) is 26.7 Å². The number of hydrogen-bond acceptors (Lipinski definition) is 3. The van der Waals surface area contributed by atoms with Crippen LogP contribution >= 0.6 is 0 Å². The number of carboxylic acids is 1. The predicted molar refractivity (Wildman–Crippen MR) is 66.6 cm³/mol. The Bertz CT molecular complexity index is 519. The van der Waals surface area contributed by atoms with E-state index in [1.165, 1.54) is 0 Å². The van der Waals surface area contributed by atoms with Crippen molar-refractivity contribution in [2.45, 2.75) is 40.4 Å². The molecule has 2 atom stereocenters. The van der Waals surface area contributed by atoms with Gasteiger partial charge in [-0.25, -0.2) is 0 Å². The molecule has 0 saturated heterocycles. The van der Waals surface area contributed by atoms with Crippen molar-refractivity contribution in [3.63, 3.8) is 0 Å². The molecule has 0 aromatic heterocycles. The second-order valence-corrected chi connectivity index (χ2v) is 4.97. The van der Waals surface area contributed by atoms with Gasteiger partial charge in [-0.3, -0.25) is 4.79 Å². The SMILES string of the molecule is Cc1c(C)c2c(c(C)c1O)COC2C(C)C(=O)O. The molecule has 2 rings (SSSR count). The third-order valence-electron chi connectivity index (χ3n) is 3.99. The molecular weight excluding hydrogens is 232 g/mol. The van der Waals surface area contributed by atoms with Gasteiger partial charge < -0.3 is 14.9 Å². The molecule has 4 nitrogen and oxygen atoms in total. The van der Waals surface area contributed by atoms with Crippen LogP contribution in [0.15, 0.2) is 0 Å². The first kappa shape index (κ1) is 12.9. The van der Waals surface area contributed by atoms with Crippen LogP contribution in [0.1, 0.15) is 40.8 Å². The minimum absolute atomic E-state index is 0.290. The second-order valence-electron chi connectivity index (χ2n) is 4.97. The Balaban J connectivity index is 2.60. The first-order chi connectivity index (χ1) is 8.36. The fraction of sp³-hybridized carbons (Fsp3) is 0.500. The quantitative estimate of drug-likeness (QED) is 0.846. The summed E-state index contributed by atoms with van der Waals surface area (Å²) in [6.45, 7) is 7.62. The van der Waals surface area contributed by atoms with E-state index in [1.54, 1.807) is 6.92 Å². The molecule has 18 heavy (non-hydrogen) atoms. The van der Waals surface area contributed by atoms with Gasteiger partial charge in [-0.05, 0) is 55.5 Å². The van der Waals surface area contributed by atoms with Crippen LogP contribution in [0.3, 0.4) is 0 Å². The highest BCUT2D eigenvalue weighted by atomic mass is 16.5. The fourth-order valence-corrected chi connectivity index (χ4v) is 2.58. The fourth-order valence-electron chi connectivity index (χ4n) is 2.58. The summed E-state index contributed by atoms with van der Waals surface area (Å²) < 4.78 is 5.63. The number of aromatic hydroxyl groups is 1. The number of hydrogen-bond donors (Lipinski definition) is 2. The molecule has 1 aromatic carbocycles. The molecule has 1 aromatic rings. The molecule has 0 radical (unpaired) electrons. The summed E-state index contributed by atoms with van der Waals surface area (Å²) in [6.07, 6.45) is -0.421. The molecule has 1 aliphatic rings. The van der Waals surface area contributed by atoms with Gasteiger partial charge in [-0.2, -0.15) is 0 Å². The van der Waals surface area contributed by atoms with Gasteiger partial charge in [0.1, 0.15) is 5.75 Å². The molecule has 1 heterocycles. The number of rotatable bonds is 2. The van der Waals surface area contributed by atoms with E-state index in [0.29, 0.717) is 12.4 Å². The molecular formula is C14H18O4. The Morgan fingerprint density at radius 1 is 1.28 bits per heavy atom. The lowest BCUT2D eigenvalue weighted by atomic mass is 9.87. The van der Waals surface area contributed by atoms with Crippen molar-refractivity contribution >= 4 is 5.97 Å². The smallest absolute Gasteiger partial charge is 0.309 e. The van der Waals surface area contributed by atoms with E-state index in [9.17, 15) is 9.90 Å². The van der Waals surface area contributed by atoms with Gasteiger partial charge >= 0.3 is 5.97 Å². The number of aliphatic carboxylic acids is 1. The highest BCUT2D eigenvalue weighted by Gasteiger charge is 2.35. The minimum Gasteiger partial charge on any atom is -0.507 e. The molecule has 4 heteroatoms. The Hall–Kier alpha value is -1.55. The maximum absolute atomic E-state index is 11.1. The third-order valence-corrected chi connectivity index (χ3v) is 3.99. The number of carboxylic acid groups (broad SMARTS) is 1. The molecule has 0 bridgehead atoms. The molecule has 0 fully saturated rings. The number of fused-ring (bicyclic) bond motifs is 1. The largest absolute Gasteiger partial charge is 0.507 e. The molecule has 0 amide bonds. The predicted octanol–water partition coefficient (Wildman–Crippen LogP) is 2.61. The van der Waals surface area contributed by atoms with Crippen LogP contribution in [0.25, 0.3) is 0 Å². The first-order valence-corrected chi connectivity index (χ1v) is 6.02. The number of benzene rings is 1. The number of ether oxygens (including phenoxy) is 1. The Morgan fingerprint density at radius 2 is 1.89 bits per heavy atom. The van der Waals surface area contributed by atoms with Gasteiger partial charge in [0, 0.05) is 0 Å². The molecule has 1 aliphatic heterocycles. The van der Waals surface area contributed by atoms with Crippen LogP contribution in [0.2, 0.25) is 0 Å². The van der Waals surface area contributed by atoms with Crippen LogP contribution in [0.4, 0.5) is 0 Å². The lowest BCUT2D eigenvalue weighted by molar-refractivity contribution is -0.146. The van der Waals surface area contributed by atoms with Gasteiger partial charge in [-0.1, -0.05) is 0 Å². The minimum atomic E-state index is -0.865. The lowest BCUT2D eigenvalue weighted by Crippen LogP contribution is -2.19. The Kier molecular flexibility index (Phi) is 3.07. The summed E-state index contributed by atoms with van der Waals surface area (Å²) in [5.41, 5.74) is 4.42. The van der Waals surface area contributed by atoms with Crippen molar-refractivity contribution in [1.29, 1.82) is 0 Å². The summed E-state index contributed by atoms with van der Waals surface area (Å²) >= 11 is 0. The zero-order chi connectivity index (χ0) is 13.6. The lowest BCUT2D eigenvalue weighted by Gasteiger charge is -2.20. The van der Waals surface area contributed by atoms with Gasteiger partial charge in [0.25, 0.3) is 0 Å². The number of phenolic OH excluding ortho intramolecular Hbond substituents is 1. The van der Waals surface area contributed by atoms with E-state index in [-0.39, 0.29) is 0 Å². The van der Waals surface area contributed by atoms with Crippen LogP contribution in [-0.2, 0) is 16.1 Å². The van der Waals surface area contributed by atoms with E-state index >= 15 is 0 Å². The summed E-state index contributed by atoms with van der Waals surface area (Å²) in [5.74, 6) is -1.16. The van der Waals surface area contributed by atoms with Gasteiger partial charge in [0.15, 0.2) is 0 Å². The van der Waals surface area contributed by atoms with Gasteiger partial charge in [0.2, 0.25) is 0 Å². The van der Waals surface area contributed by atoms with Crippen molar-refractivity contribution in [3.05, 3.63) is 27.8 Å². The van der Waals surface area contributed by atoms with Gasteiger partial charge in [0.05, 0.1) is 18.6 Å². The van der Waals surface area contributed by atoms with Crippen molar-refractivity contribution < 1.29 is 19.7 Å². The van der Waals surface area contributed by atoms with Crippen LogP contribution in [0.5, 0.6) is 5.75 Å². The highest BCUT2D eigenvalue weighted by molar-refractivity contribution is 5.71. The van der Waals surface area contributed by atoms with E-state index in [4.69, 9.17) is 9.84 Å². The van der Waals surface area contributed by atoms with Crippen molar-refractivity contribution in [2.24, 2.45) is 5.92 Å².